The smallest absolute Gasteiger partial charge is 0.278 e. The van der Waals surface area contributed by atoms with Gasteiger partial charge in [-0.2, -0.15) is 0 Å². The Morgan fingerprint density at radius 1 is 1.33 bits per heavy atom. The number of imide groups is 1. The lowest BCUT2D eigenvalue weighted by Crippen LogP contribution is -2.49. The van der Waals surface area contributed by atoms with E-state index >= 15 is 0 Å². The summed E-state index contributed by atoms with van der Waals surface area (Å²) in [5, 5.41) is 9.81. The molecule has 1 fully saturated rings. The Hall–Kier alpha value is -1.69. The fourth-order valence-electron chi connectivity index (χ4n) is 1.24. The summed E-state index contributed by atoms with van der Waals surface area (Å²) in [6.45, 7) is 0.307. The van der Waals surface area contributed by atoms with Crippen molar-refractivity contribution < 1.29 is 9.59 Å². The van der Waals surface area contributed by atoms with Crippen molar-refractivity contribution in [1.82, 2.24) is 15.5 Å². The Balaban J connectivity index is 2.20. The largest absolute Gasteiger partial charge is 0.329 e. The summed E-state index contributed by atoms with van der Waals surface area (Å²) in [4.78, 5) is 23.6. The highest BCUT2D eigenvalue weighted by atomic mass is 35.5. The van der Waals surface area contributed by atoms with Gasteiger partial charge in [0.2, 0.25) is 5.91 Å². The minimum absolute atomic E-state index is 0.257. The van der Waals surface area contributed by atoms with E-state index in [4.69, 9.17) is 11.6 Å². The molecule has 1 aliphatic heterocycles. The maximum absolute atomic E-state index is 11.4. The maximum atomic E-state index is 11.4. The lowest BCUT2D eigenvalue weighted by molar-refractivity contribution is -0.120. The Kier molecular flexibility index (Phi) is 2.51. The summed E-state index contributed by atoms with van der Waals surface area (Å²) in [6, 6.07) is 2.63. The molecule has 3 amide bonds. The van der Waals surface area contributed by atoms with Gasteiger partial charge in [0.25, 0.3) is 0 Å². The minimum Gasteiger partial charge on any atom is -0.278 e. The Bertz CT molecular complexity index is 406. The molecule has 78 valence electrons. The zero-order valence-electron chi connectivity index (χ0n) is 7.61. The molecule has 0 aromatic carbocycles. The zero-order valence-corrected chi connectivity index (χ0v) is 8.36. The second-order valence-electron chi connectivity index (χ2n) is 2.97. The van der Waals surface area contributed by atoms with Crippen LogP contribution in [0.2, 0.25) is 5.15 Å². The van der Waals surface area contributed by atoms with Crippen molar-refractivity contribution in [1.29, 1.82) is 0 Å². The number of rotatable bonds is 1. The van der Waals surface area contributed by atoms with E-state index < -0.39 is 6.03 Å². The fraction of sp³-hybridized carbons (Fsp3) is 0.250. The average molecular weight is 227 g/mol. The van der Waals surface area contributed by atoms with Gasteiger partial charge in [0, 0.05) is 13.0 Å². The van der Waals surface area contributed by atoms with Crippen molar-refractivity contribution in [3.8, 4) is 0 Å². The van der Waals surface area contributed by atoms with E-state index in [0.717, 1.165) is 0 Å². The molecular weight excluding hydrogens is 220 g/mol. The van der Waals surface area contributed by atoms with Crippen molar-refractivity contribution in [2.75, 3.05) is 11.4 Å². The molecule has 0 saturated carbocycles. The molecule has 1 N–H and O–H groups in total. The highest BCUT2D eigenvalue weighted by Gasteiger charge is 2.25. The fourth-order valence-corrected chi connectivity index (χ4v) is 1.34. The molecule has 0 bridgehead atoms. The first-order valence-electron chi connectivity index (χ1n) is 4.27. The van der Waals surface area contributed by atoms with Crippen molar-refractivity contribution in [3.63, 3.8) is 0 Å². The van der Waals surface area contributed by atoms with Crippen LogP contribution in [0.25, 0.3) is 0 Å². The van der Waals surface area contributed by atoms with Crippen LogP contribution in [0.5, 0.6) is 0 Å². The highest BCUT2D eigenvalue weighted by molar-refractivity contribution is 6.29. The maximum Gasteiger partial charge on any atom is 0.329 e. The van der Waals surface area contributed by atoms with E-state index in [1.165, 1.54) is 11.0 Å². The van der Waals surface area contributed by atoms with Gasteiger partial charge in [-0.05, 0) is 12.1 Å². The van der Waals surface area contributed by atoms with Gasteiger partial charge in [0.15, 0.2) is 11.0 Å². The van der Waals surface area contributed by atoms with Crippen LogP contribution in [0.15, 0.2) is 12.1 Å². The quantitative estimate of drug-likeness (QED) is 0.760. The van der Waals surface area contributed by atoms with Gasteiger partial charge < -0.3 is 0 Å². The Morgan fingerprint density at radius 3 is 2.73 bits per heavy atom. The molecule has 1 saturated heterocycles. The van der Waals surface area contributed by atoms with E-state index in [1.807, 2.05) is 0 Å². The standard InChI is InChI=1S/C8H7ClN4O2/c9-5-1-2-6(12-11-5)13-4-3-7(14)10-8(13)15/h1-2H,3-4H2,(H,10,14,15). The summed E-state index contributed by atoms with van der Waals surface area (Å²) >= 11 is 5.56. The third-order valence-electron chi connectivity index (χ3n) is 1.95. The number of nitrogens with one attached hydrogen (secondary N) is 1. The molecule has 1 aliphatic rings. The predicted octanol–water partition coefficient (Wildman–Crippen LogP) is 0.576. The lowest BCUT2D eigenvalue weighted by Gasteiger charge is -2.24. The van der Waals surface area contributed by atoms with Crippen molar-refractivity contribution in [3.05, 3.63) is 17.3 Å². The SMILES string of the molecule is O=C1CCN(c2ccc(Cl)nn2)C(=O)N1. The van der Waals surface area contributed by atoms with E-state index in [0.29, 0.717) is 12.4 Å². The number of aromatic nitrogens is 2. The molecule has 6 nitrogen and oxygen atoms in total. The summed E-state index contributed by atoms with van der Waals surface area (Å²) in [6.07, 6.45) is 0.260. The molecule has 0 aliphatic carbocycles. The van der Waals surface area contributed by atoms with Gasteiger partial charge in [-0.15, -0.1) is 10.2 Å². The monoisotopic (exact) mass is 226 g/mol. The van der Waals surface area contributed by atoms with Gasteiger partial charge in [-0.1, -0.05) is 11.6 Å². The van der Waals surface area contributed by atoms with Crippen LogP contribution in [-0.4, -0.2) is 28.7 Å². The van der Waals surface area contributed by atoms with Crippen LogP contribution in [-0.2, 0) is 4.79 Å². The van der Waals surface area contributed by atoms with Gasteiger partial charge >= 0.3 is 6.03 Å². The number of hydrogen-bond acceptors (Lipinski definition) is 4. The third kappa shape index (κ3) is 2.04. The highest BCUT2D eigenvalue weighted by Crippen LogP contribution is 2.14. The van der Waals surface area contributed by atoms with E-state index in [-0.39, 0.29) is 17.5 Å². The Labute approximate surface area is 90.2 Å². The number of amides is 3. The molecule has 15 heavy (non-hydrogen) atoms. The summed E-state index contributed by atoms with van der Waals surface area (Å²) in [7, 11) is 0. The number of hydrogen-bond donors (Lipinski definition) is 1. The molecule has 0 atom stereocenters. The average Bonchev–Trinajstić information content (AvgIpc) is 2.20. The van der Waals surface area contributed by atoms with Gasteiger partial charge in [-0.25, -0.2) is 4.79 Å². The van der Waals surface area contributed by atoms with Gasteiger partial charge in [0.05, 0.1) is 0 Å². The molecule has 0 unspecified atom stereocenters. The molecule has 0 spiro atoms. The van der Waals surface area contributed by atoms with Crippen LogP contribution >= 0.6 is 11.6 Å². The third-order valence-corrected chi connectivity index (χ3v) is 2.15. The van der Waals surface area contributed by atoms with Crippen molar-refractivity contribution in [2.45, 2.75) is 6.42 Å². The predicted molar refractivity (Wildman–Crippen MR) is 52.5 cm³/mol. The number of halogens is 1. The van der Waals surface area contributed by atoms with Crippen molar-refractivity contribution >= 4 is 29.4 Å². The first kappa shape index (κ1) is 9.85. The number of anilines is 1. The van der Waals surface area contributed by atoms with Crippen LogP contribution < -0.4 is 10.2 Å². The van der Waals surface area contributed by atoms with E-state index in [2.05, 4.69) is 15.5 Å². The van der Waals surface area contributed by atoms with Crippen LogP contribution in [0, 0.1) is 0 Å². The number of carbonyl (C=O) groups is 2. The number of urea groups is 1. The number of nitrogens with zero attached hydrogens (tertiary/aromatic N) is 3. The number of carbonyl (C=O) groups excluding carboxylic acids is 2. The topological polar surface area (TPSA) is 75.2 Å². The molecular formula is C8H7ClN4O2. The van der Waals surface area contributed by atoms with Crippen LogP contribution in [0.3, 0.4) is 0 Å². The van der Waals surface area contributed by atoms with Gasteiger partial charge in [-0.3, -0.25) is 15.0 Å². The first-order valence-corrected chi connectivity index (χ1v) is 4.65. The minimum atomic E-state index is -0.483. The van der Waals surface area contributed by atoms with E-state index in [9.17, 15) is 9.59 Å². The molecule has 1 aromatic rings. The Morgan fingerprint density at radius 2 is 2.13 bits per heavy atom. The van der Waals surface area contributed by atoms with E-state index in [1.54, 1.807) is 6.07 Å². The van der Waals surface area contributed by atoms with Crippen molar-refractivity contribution in [2.24, 2.45) is 0 Å². The second kappa shape index (κ2) is 3.82. The van der Waals surface area contributed by atoms with Crippen LogP contribution in [0.4, 0.5) is 10.6 Å². The summed E-state index contributed by atoms with van der Waals surface area (Å²) in [5.74, 6) is 0.0996. The molecule has 2 heterocycles. The van der Waals surface area contributed by atoms with Crippen LogP contribution in [0.1, 0.15) is 6.42 Å². The normalized spacial score (nSPS) is 16.5. The molecule has 7 heteroatoms. The second-order valence-corrected chi connectivity index (χ2v) is 3.36. The van der Waals surface area contributed by atoms with Gasteiger partial charge in [0.1, 0.15) is 0 Å². The molecule has 1 aromatic heterocycles. The summed E-state index contributed by atoms with van der Waals surface area (Å²) < 4.78 is 0. The molecule has 2 rings (SSSR count). The lowest BCUT2D eigenvalue weighted by atomic mass is 10.3. The zero-order chi connectivity index (χ0) is 10.8. The molecule has 0 radical (unpaired) electrons. The first-order chi connectivity index (χ1) is 7.16. The summed E-state index contributed by atoms with van der Waals surface area (Å²) in [5.41, 5.74) is 0.